The Morgan fingerprint density at radius 2 is 1.71 bits per heavy atom. The van der Waals surface area contributed by atoms with Crippen molar-refractivity contribution in [2.75, 3.05) is 12.4 Å². The van der Waals surface area contributed by atoms with Gasteiger partial charge in [0.2, 0.25) is 11.3 Å². The van der Waals surface area contributed by atoms with E-state index in [1.807, 2.05) is 19.1 Å². The van der Waals surface area contributed by atoms with Crippen molar-refractivity contribution in [1.82, 2.24) is 9.55 Å². The lowest BCUT2D eigenvalue weighted by molar-refractivity contribution is -0.116. The van der Waals surface area contributed by atoms with E-state index in [-0.39, 0.29) is 23.8 Å². The summed E-state index contributed by atoms with van der Waals surface area (Å²) in [5, 5.41) is 3.11. The molecule has 2 heterocycles. The average molecular weight is 456 g/mol. The first-order valence-corrected chi connectivity index (χ1v) is 11.0. The van der Waals surface area contributed by atoms with Gasteiger partial charge in [0.15, 0.2) is 5.78 Å². The standard InChI is InChI=1S/C27H25N3O4/c1-4-18-6-8-19(9-7-18)25(32)23-15-30(27-22(26(23)33)14-5-17(2)28-27)16-24(31)29-20-10-12-21(34-3)13-11-20/h5-15H,4,16H2,1-3H3,(H,29,31). The third-order valence-electron chi connectivity index (χ3n) is 5.62. The van der Waals surface area contributed by atoms with Crippen molar-refractivity contribution in [1.29, 1.82) is 0 Å². The number of ketones is 1. The largest absolute Gasteiger partial charge is 0.497 e. The summed E-state index contributed by atoms with van der Waals surface area (Å²) < 4.78 is 6.69. The highest BCUT2D eigenvalue weighted by Crippen LogP contribution is 2.17. The second-order valence-corrected chi connectivity index (χ2v) is 7.98. The van der Waals surface area contributed by atoms with Crippen LogP contribution < -0.4 is 15.5 Å². The monoisotopic (exact) mass is 455 g/mol. The van der Waals surface area contributed by atoms with Crippen LogP contribution in [-0.4, -0.2) is 28.4 Å². The van der Waals surface area contributed by atoms with E-state index in [1.165, 1.54) is 6.20 Å². The molecule has 0 aliphatic heterocycles. The Hall–Kier alpha value is -4.26. The Balaban J connectivity index is 1.71. The summed E-state index contributed by atoms with van der Waals surface area (Å²) in [7, 11) is 1.57. The van der Waals surface area contributed by atoms with E-state index in [0.717, 1.165) is 12.0 Å². The molecule has 7 nitrogen and oxygen atoms in total. The maximum Gasteiger partial charge on any atom is 0.244 e. The van der Waals surface area contributed by atoms with Gasteiger partial charge in [-0.2, -0.15) is 0 Å². The van der Waals surface area contributed by atoms with E-state index in [2.05, 4.69) is 10.3 Å². The average Bonchev–Trinajstić information content (AvgIpc) is 2.85. The Morgan fingerprint density at radius 3 is 2.35 bits per heavy atom. The third-order valence-corrected chi connectivity index (χ3v) is 5.62. The Morgan fingerprint density at radius 1 is 1.00 bits per heavy atom. The number of pyridine rings is 2. The molecule has 1 N–H and O–H groups in total. The minimum Gasteiger partial charge on any atom is -0.497 e. The number of rotatable bonds is 7. The number of carbonyl (C=O) groups is 2. The smallest absolute Gasteiger partial charge is 0.244 e. The number of carbonyl (C=O) groups excluding carboxylic acids is 2. The van der Waals surface area contributed by atoms with E-state index in [1.54, 1.807) is 67.1 Å². The number of ether oxygens (including phenoxy) is 1. The van der Waals surface area contributed by atoms with Crippen molar-refractivity contribution in [2.45, 2.75) is 26.8 Å². The molecule has 0 saturated carbocycles. The fourth-order valence-electron chi connectivity index (χ4n) is 3.72. The Kier molecular flexibility index (Phi) is 6.54. The van der Waals surface area contributed by atoms with Crippen molar-refractivity contribution >= 4 is 28.4 Å². The SMILES string of the molecule is CCc1ccc(C(=O)c2cn(CC(=O)Nc3ccc(OC)cc3)c3nc(C)ccc3c2=O)cc1. The number of anilines is 1. The minimum atomic E-state index is -0.404. The van der Waals surface area contributed by atoms with Gasteiger partial charge in [-0.3, -0.25) is 14.4 Å². The lowest BCUT2D eigenvalue weighted by Gasteiger charge is -2.13. The van der Waals surface area contributed by atoms with Gasteiger partial charge in [-0.05, 0) is 55.3 Å². The summed E-state index contributed by atoms with van der Waals surface area (Å²) in [6.07, 6.45) is 2.28. The molecule has 0 atom stereocenters. The van der Waals surface area contributed by atoms with Gasteiger partial charge in [0, 0.05) is 23.1 Å². The number of amides is 1. The van der Waals surface area contributed by atoms with Gasteiger partial charge >= 0.3 is 0 Å². The van der Waals surface area contributed by atoms with Crippen LogP contribution in [0.3, 0.4) is 0 Å². The zero-order valence-corrected chi connectivity index (χ0v) is 19.3. The van der Waals surface area contributed by atoms with E-state index < -0.39 is 5.43 Å². The number of fused-ring (bicyclic) bond motifs is 1. The first-order valence-electron chi connectivity index (χ1n) is 11.0. The Bertz CT molecular complexity index is 1420. The van der Waals surface area contributed by atoms with Gasteiger partial charge in [0.05, 0.1) is 18.1 Å². The molecule has 0 unspecified atom stereocenters. The second-order valence-electron chi connectivity index (χ2n) is 7.98. The summed E-state index contributed by atoms with van der Waals surface area (Å²) in [6, 6.07) is 17.5. The summed E-state index contributed by atoms with van der Waals surface area (Å²) in [6.45, 7) is 3.72. The number of hydrogen-bond acceptors (Lipinski definition) is 5. The van der Waals surface area contributed by atoms with E-state index in [9.17, 15) is 14.4 Å². The molecule has 0 aliphatic rings. The van der Waals surface area contributed by atoms with Crippen LogP contribution in [0, 0.1) is 6.92 Å². The molecule has 0 bridgehead atoms. The van der Waals surface area contributed by atoms with Crippen LogP contribution >= 0.6 is 0 Å². The predicted molar refractivity (Wildman–Crippen MR) is 132 cm³/mol. The molecule has 0 aliphatic carbocycles. The van der Waals surface area contributed by atoms with Crippen LogP contribution in [0.1, 0.15) is 34.1 Å². The van der Waals surface area contributed by atoms with Crippen LogP contribution in [0.4, 0.5) is 5.69 Å². The number of methoxy groups -OCH3 is 1. The lowest BCUT2D eigenvalue weighted by atomic mass is 10.0. The van der Waals surface area contributed by atoms with Crippen LogP contribution in [0.25, 0.3) is 11.0 Å². The van der Waals surface area contributed by atoms with E-state index >= 15 is 0 Å². The number of hydrogen-bond donors (Lipinski definition) is 1. The molecule has 4 aromatic rings. The molecule has 0 fully saturated rings. The highest BCUT2D eigenvalue weighted by atomic mass is 16.5. The van der Waals surface area contributed by atoms with Crippen LogP contribution in [0.15, 0.2) is 71.7 Å². The molecule has 0 radical (unpaired) electrons. The van der Waals surface area contributed by atoms with Crippen molar-refractivity contribution in [3.63, 3.8) is 0 Å². The first kappa shape index (κ1) is 22.9. The predicted octanol–water partition coefficient (Wildman–Crippen LogP) is 4.15. The highest BCUT2D eigenvalue weighted by Gasteiger charge is 2.19. The third kappa shape index (κ3) is 4.73. The molecule has 7 heteroatoms. The molecule has 2 aromatic heterocycles. The van der Waals surface area contributed by atoms with Crippen molar-refractivity contribution in [3.05, 3.63) is 99.5 Å². The molecule has 0 spiro atoms. The van der Waals surface area contributed by atoms with E-state index in [0.29, 0.717) is 33.7 Å². The topological polar surface area (TPSA) is 90.3 Å². The highest BCUT2D eigenvalue weighted by molar-refractivity contribution is 6.10. The van der Waals surface area contributed by atoms with Gasteiger partial charge in [-0.25, -0.2) is 4.98 Å². The number of benzene rings is 2. The number of aromatic nitrogens is 2. The number of nitrogens with one attached hydrogen (secondary N) is 1. The minimum absolute atomic E-state index is 0.000325. The fourth-order valence-corrected chi connectivity index (χ4v) is 3.72. The van der Waals surface area contributed by atoms with Crippen LogP contribution in [0.2, 0.25) is 0 Å². The molecular weight excluding hydrogens is 430 g/mol. The van der Waals surface area contributed by atoms with Crippen LogP contribution in [0.5, 0.6) is 5.75 Å². The van der Waals surface area contributed by atoms with Crippen molar-refractivity contribution < 1.29 is 14.3 Å². The molecular formula is C27H25N3O4. The fraction of sp³-hybridized carbons (Fsp3) is 0.185. The van der Waals surface area contributed by atoms with Gasteiger partial charge < -0.3 is 14.6 Å². The summed E-state index contributed by atoms with van der Waals surface area (Å²) >= 11 is 0. The molecule has 4 rings (SSSR count). The normalized spacial score (nSPS) is 10.8. The van der Waals surface area contributed by atoms with Crippen LogP contribution in [-0.2, 0) is 17.8 Å². The zero-order chi connectivity index (χ0) is 24.2. The molecule has 2 aromatic carbocycles. The molecule has 0 saturated heterocycles. The Labute approximate surface area is 197 Å². The van der Waals surface area contributed by atoms with Gasteiger partial charge in [0.1, 0.15) is 17.9 Å². The maximum absolute atomic E-state index is 13.2. The first-order chi connectivity index (χ1) is 16.4. The lowest BCUT2D eigenvalue weighted by Crippen LogP contribution is -2.25. The maximum atomic E-state index is 13.2. The van der Waals surface area contributed by atoms with Gasteiger partial charge in [0.25, 0.3) is 0 Å². The van der Waals surface area contributed by atoms with Crippen molar-refractivity contribution in [3.8, 4) is 5.75 Å². The van der Waals surface area contributed by atoms with E-state index in [4.69, 9.17) is 4.74 Å². The second kappa shape index (κ2) is 9.70. The van der Waals surface area contributed by atoms with Crippen molar-refractivity contribution in [2.24, 2.45) is 0 Å². The number of aryl methyl sites for hydroxylation is 2. The molecule has 172 valence electrons. The quantitative estimate of drug-likeness (QED) is 0.423. The summed E-state index contributed by atoms with van der Waals surface area (Å²) in [5.41, 5.74) is 2.77. The zero-order valence-electron chi connectivity index (χ0n) is 19.3. The summed E-state index contributed by atoms with van der Waals surface area (Å²) in [5.74, 6) is -0.0252. The number of nitrogens with zero attached hydrogens (tertiary/aromatic N) is 2. The van der Waals surface area contributed by atoms with Gasteiger partial charge in [-0.15, -0.1) is 0 Å². The molecule has 1 amide bonds. The summed E-state index contributed by atoms with van der Waals surface area (Å²) in [4.78, 5) is 43.7. The molecule has 34 heavy (non-hydrogen) atoms. The van der Waals surface area contributed by atoms with Gasteiger partial charge in [-0.1, -0.05) is 31.2 Å².